The summed E-state index contributed by atoms with van der Waals surface area (Å²) >= 11 is 0. The zero-order valence-electron chi connectivity index (χ0n) is 13.0. The van der Waals surface area contributed by atoms with E-state index in [4.69, 9.17) is 4.98 Å². The van der Waals surface area contributed by atoms with Crippen LogP contribution >= 0.6 is 0 Å². The number of nitrogens with zero attached hydrogens (tertiary/aromatic N) is 3. The van der Waals surface area contributed by atoms with Gasteiger partial charge in [-0.15, -0.1) is 0 Å². The Hall–Kier alpha value is -1.32. The van der Waals surface area contributed by atoms with Gasteiger partial charge in [0.25, 0.3) is 0 Å². The molecular formula is C15H26N4. The van der Waals surface area contributed by atoms with Gasteiger partial charge in [-0.25, -0.2) is 9.97 Å². The van der Waals surface area contributed by atoms with Gasteiger partial charge in [-0.2, -0.15) is 0 Å². The highest BCUT2D eigenvalue weighted by atomic mass is 15.2. The third-order valence-electron chi connectivity index (χ3n) is 3.39. The van der Waals surface area contributed by atoms with Gasteiger partial charge in [-0.05, 0) is 25.2 Å². The van der Waals surface area contributed by atoms with Gasteiger partial charge in [-0.3, -0.25) is 0 Å². The van der Waals surface area contributed by atoms with Crippen LogP contribution in [0.2, 0.25) is 0 Å². The molecule has 4 heteroatoms. The van der Waals surface area contributed by atoms with Crippen molar-refractivity contribution in [2.24, 2.45) is 5.41 Å². The Balaban J connectivity index is 2.34. The highest BCUT2D eigenvalue weighted by Gasteiger charge is 2.29. The summed E-state index contributed by atoms with van der Waals surface area (Å²) in [6.07, 6.45) is 2.46. The normalized spacial score (nSPS) is 15.5. The summed E-state index contributed by atoms with van der Waals surface area (Å²) in [5.41, 5.74) is 1.39. The van der Waals surface area contributed by atoms with Crippen molar-refractivity contribution in [2.45, 2.75) is 46.5 Å². The molecule has 0 atom stereocenters. The van der Waals surface area contributed by atoms with E-state index in [9.17, 15) is 0 Å². The highest BCUT2D eigenvalue weighted by Crippen LogP contribution is 2.40. The molecule has 4 nitrogen and oxygen atoms in total. The fourth-order valence-corrected chi connectivity index (χ4v) is 2.45. The van der Waals surface area contributed by atoms with Crippen LogP contribution in [0.4, 0.5) is 11.6 Å². The van der Waals surface area contributed by atoms with E-state index < -0.39 is 0 Å². The van der Waals surface area contributed by atoms with Crippen LogP contribution in [-0.2, 0) is 0 Å². The summed E-state index contributed by atoms with van der Waals surface area (Å²) in [4.78, 5) is 11.7. The van der Waals surface area contributed by atoms with Crippen molar-refractivity contribution in [3.05, 3.63) is 11.4 Å². The van der Waals surface area contributed by atoms with Crippen molar-refractivity contribution in [1.29, 1.82) is 0 Å². The average Bonchev–Trinajstić information content (AvgIpc) is 3.10. The topological polar surface area (TPSA) is 41.1 Å². The molecule has 0 aromatic carbocycles. The minimum Gasteiger partial charge on any atom is -0.373 e. The first-order valence-electron chi connectivity index (χ1n) is 7.09. The maximum absolute atomic E-state index is 4.80. The minimum absolute atomic E-state index is 0.256. The van der Waals surface area contributed by atoms with Crippen molar-refractivity contribution in [3.63, 3.8) is 0 Å². The van der Waals surface area contributed by atoms with Gasteiger partial charge >= 0.3 is 0 Å². The van der Waals surface area contributed by atoms with E-state index in [2.05, 4.69) is 49.9 Å². The molecule has 2 rings (SSSR count). The zero-order valence-corrected chi connectivity index (χ0v) is 13.0. The summed E-state index contributed by atoms with van der Waals surface area (Å²) in [7, 11) is 4.05. The van der Waals surface area contributed by atoms with E-state index in [1.807, 2.05) is 7.05 Å². The Morgan fingerprint density at radius 2 is 1.89 bits per heavy atom. The second-order valence-corrected chi connectivity index (χ2v) is 6.82. The number of anilines is 2. The second kappa shape index (κ2) is 4.99. The molecule has 1 aromatic rings. The van der Waals surface area contributed by atoms with Crippen LogP contribution in [0.3, 0.4) is 0 Å². The largest absolute Gasteiger partial charge is 0.373 e. The number of nitrogens with one attached hydrogen (secondary N) is 1. The van der Waals surface area contributed by atoms with E-state index in [1.54, 1.807) is 0 Å². The van der Waals surface area contributed by atoms with Crippen molar-refractivity contribution < 1.29 is 0 Å². The van der Waals surface area contributed by atoms with Gasteiger partial charge in [0, 0.05) is 32.1 Å². The highest BCUT2D eigenvalue weighted by molar-refractivity contribution is 5.58. The average molecular weight is 262 g/mol. The number of hydrogen-bond donors (Lipinski definition) is 1. The third kappa shape index (κ3) is 3.37. The second-order valence-electron chi connectivity index (χ2n) is 6.82. The first-order valence-corrected chi connectivity index (χ1v) is 7.09. The molecule has 0 aliphatic heterocycles. The van der Waals surface area contributed by atoms with Gasteiger partial charge in [0.2, 0.25) is 0 Å². The Morgan fingerprint density at radius 3 is 2.37 bits per heavy atom. The Kier molecular flexibility index (Phi) is 3.70. The van der Waals surface area contributed by atoms with Gasteiger partial charge in [-0.1, -0.05) is 20.8 Å². The summed E-state index contributed by atoms with van der Waals surface area (Å²) < 4.78 is 0. The molecule has 0 radical (unpaired) electrons. The lowest BCUT2D eigenvalue weighted by atomic mass is 9.96. The van der Waals surface area contributed by atoms with E-state index in [0.717, 1.165) is 29.6 Å². The van der Waals surface area contributed by atoms with Gasteiger partial charge < -0.3 is 10.2 Å². The SMILES string of the molecule is CNc1nc(C2CC2)nc(N(C)CC(C)(C)C)c1C. The third-order valence-corrected chi connectivity index (χ3v) is 3.39. The molecule has 1 N–H and O–H groups in total. The lowest BCUT2D eigenvalue weighted by molar-refractivity contribution is 0.417. The lowest BCUT2D eigenvalue weighted by Gasteiger charge is -2.29. The predicted octanol–water partition coefficient (Wildman–Crippen LogP) is 3.19. The molecule has 0 bridgehead atoms. The molecule has 1 heterocycles. The van der Waals surface area contributed by atoms with Crippen molar-refractivity contribution in [2.75, 3.05) is 30.9 Å². The fraction of sp³-hybridized carbons (Fsp3) is 0.733. The van der Waals surface area contributed by atoms with Crippen LogP contribution in [0.5, 0.6) is 0 Å². The molecule has 0 saturated heterocycles. The molecule has 1 aliphatic rings. The van der Waals surface area contributed by atoms with E-state index in [0.29, 0.717) is 5.92 Å². The Bertz CT molecular complexity index is 458. The molecule has 1 aliphatic carbocycles. The molecule has 19 heavy (non-hydrogen) atoms. The van der Waals surface area contributed by atoms with Crippen LogP contribution in [0.25, 0.3) is 0 Å². The minimum atomic E-state index is 0.256. The molecule has 106 valence electrons. The fourth-order valence-electron chi connectivity index (χ4n) is 2.45. The predicted molar refractivity (Wildman–Crippen MR) is 81.0 cm³/mol. The Labute approximate surface area is 116 Å². The quantitative estimate of drug-likeness (QED) is 0.904. The molecular weight excluding hydrogens is 236 g/mol. The smallest absolute Gasteiger partial charge is 0.137 e. The van der Waals surface area contributed by atoms with E-state index >= 15 is 0 Å². The van der Waals surface area contributed by atoms with Crippen LogP contribution in [0, 0.1) is 12.3 Å². The van der Waals surface area contributed by atoms with Crippen LogP contribution in [-0.4, -0.2) is 30.6 Å². The van der Waals surface area contributed by atoms with Crippen LogP contribution in [0.1, 0.15) is 50.9 Å². The monoisotopic (exact) mass is 262 g/mol. The van der Waals surface area contributed by atoms with Gasteiger partial charge in [0.1, 0.15) is 17.5 Å². The molecule has 1 saturated carbocycles. The Morgan fingerprint density at radius 1 is 1.26 bits per heavy atom. The first kappa shape index (κ1) is 14.1. The van der Waals surface area contributed by atoms with Crippen LogP contribution in [0.15, 0.2) is 0 Å². The lowest BCUT2D eigenvalue weighted by Crippen LogP contribution is -2.30. The summed E-state index contributed by atoms with van der Waals surface area (Å²) in [5, 5.41) is 3.20. The summed E-state index contributed by atoms with van der Waals surface area (Å²) in [6, 6.07) is 0. The number of rotatable bonds is 4. The van der Waals surface area contributed by atoms with Crippen LogP contribution < -0.4 is 10.2 Å². The molecule has 1 aromatic heterocycles. The number of hydrogen-bond acceptors (Lipinski definition) is 4. The van der Waals surface area contributed by atoms with Crippen molar-refractivity contribution in [1.82, 2.24) is 9.97 Å². The maximum Gasteiger partial charge on any atom is 0.137 e. The standard InChI is InChI=1S/C15H26N4/c1-10-12(16-5)17-13(11-7-8-11)18-14(10)19(6)9-15(2,3)4/h11H,7-9H2,1-6H3,(H,16,17,18). The van der Waals surface area contributed by atoms with Crippen molar-refractivity contribution >= 4 is 11.6 Å². The van der Waals surface area contributed by atoms with Gasteiger partial charge in [0.15, 0.2) is 0 Å². The number of aromatic nitrogens is 2. The molecule has 1 fully saturated rings. The summed E-state index contributed by atoms with van der Waals surface area (Å²) in [5.74, 6) is 3.61. The van der Waals surface area contributed by atoms with E-state index in [-0.39, 0.29) is 5.41 Å². The van der Waals surface area contributed by atoms with Crippen molar-refractivity contribution in [3.8, 4) is 0 Å². The first-order chi connectivity index (χ1) is 8.81. The van der Waals surface area contributed by atoms with Gasteiger partial charge in [0.05, 0.1) is 0 Å². The molecule has 0 spiro atoms. The molecule has 0 amide bonds. The summed E-state index contributed by atoms with van der Waals surface area (Å²) in [6.45, 7) is 9.83. The molecule has 0 unspecified atom stereocenters. The maximum atomic E-state index is 4.80. The zero-order chi connectivity index (χ0) is 14.2. The van der Waals surface area contributed by atoms with E-state index in [1.165, 1.54) is 12.8 Å².